The molecule has 3 rings (SSSR count). The van der Waals surface area contributed by atoms with E-state index in [0.717, 1.165) is 28.5 Å². The predicted molar refractivity (Wildman–Crippen MR) is 125 cm³/mol. The van der Waals surface area contributed by atoms with Crippen LogP contribution in [-0.2, 0) is 17.6 Å². The molecule has 0 radical (unpaired) electrons. The molecule has 2 aromatic carbocycles. The molecule has 1 amide bonds. The molecule has 31 heavy (non-hydrogen) atoms. The molecule has 0 atom stereocenters. The van der Waals surface area contributed by atoms with Gasteiger partial charge in [0, 0.05) is 12.5 Å². The maximum atomic E-state index is 12.2. The second kappa shape index (κ2) is 11.3. The number of hydrogen-bond donors (Lipinski definition) is 1. The van der Waals surface area contributed by atoms with Gasteiger partial charge in [-0.25, -0.2) is 0 Å². The predicted octanol–water partition coefficient (Wildman–Crippen LogP) is 5.16. The largest absolute Gasteiger partial charge is 0.493 e. The van der Waals surface area contributed by atoms with Crippen LogP contribution in [-0.4, -0.2) is 28.8 Å². The Morgan fingerprint density at radius 3 is 2.68 bits per heavy atom. The third-order valence-electron chi connectivity index (χ3n) is 4.27. The van der Waals surface area contributed by atoms with Crippen molar-refractivity contribution in [3.8, 4) is 11.5 Å². The molecular weight excluding hydrogens is 410 g/mol. The molecule has 0 spiro atoms. The van der Waals surface area contributed by atoms with Gasteiger partial charge in [-0.2, -0.15) is 0 Å². The molecule has 3 aromatic rings. The summed E-state index contributed by atoms with van der Waals surface area (Å²) in [6.07, 6.45) is 4.94. The lowest BCUT2D eigenvalue weighted by Gasteiger charge is -2.09. The quantitative estimate of drug-likeness (QED) is 0.444. The summed E-state index contributed by atoms with van der Waals surface area (Å²) in [6.45, 7) is 6.57. The minimum atomic E-state index is -0.259. The van der Waals surface area contributed by atoms with Crippen molar-refractivity contribution in [3.05, 3.63) is 70.7 Å². The SMILES string of the molecule is CCc1ccc(OCCc2nnc(NC(=O)/C=C/c3cccc(OC(C)C)c3)s2)cc1. The number of carbonyl (C=O) groups excluding carboxylic acids is 1. The van der Waals surface area contributed by atoms with Gasteiger partial charge in [-0.3, -0.25) is 10.1 Å². The van der Waals surface area contributed by atoms with Gasteiger partial charge < -0.3 is 9.47 Å². The molecule has 0 fully saturated rings. The molecule has 0 aliphatic carbocycles. The highest BCUT2D eigenvalue weighted by Gasteiger charge is 2.07. The van der Waals surface area contributed by atoms with Gasteiger partial charge in [0.05, 0.1) is 12.7 Å². The lowest BCUT2D eigenvalue weighted by molar-refractivity contribution is -0.111. The monoisotopic (exact) mass is 437 g/mol. The van der Waals surface area contributed by atoms with E-state index in [1.807, 2.05) is 50.2 Å². The maximum Gasteiger partial charge on any atom is 0.250 e. The van der Waals surface area contributed by atoms with E-state index < -0.39 is 0 Å². The zero-order valence-electron chi connectivity index (χ0n) is 18.0. The van der Waals surface area contributed by atoms with Crippen molar-refractivity contribution >= 4 is 28.5 Å². The summed E-state index contributed by atoms with van der Waals surface area (Å²) in [5, 5.41) is 12.2. The molecule has 162 valence electrons. The first-order valence-electron chi connectivity index (χ1n) is 10.3. The van der Waals surface area contributed by atoms with Crippen LogP contribution in [0.5, 0.6) is 11.5 Å². The van der Waals surface area contributed by atoms with Crippen LogP contribution in [0.2, 0.25) is 0 Å². The van der Waals surface area contributed by atoms with Crippen molar-refractivity contribution in [1.82, 2.24) is 10.2 Å². The Balaban J connectivity index is 1.46. The van der Waals surface area contributed by atoms with Crippen LogP contribution < -0.4 is 14.8 Å². The standard InChI is InChI=1S/C24H27N3O3S/c1-4-18-8-11-20(12-9-18)29-15-14-23-26-27-24(31-23)25-22(28)13-10-19-6-5-7-21(16-19)30-17(2)3/h5-13,16-17H,4,14-15H2,1-3H3,(H,25,27,28)/b13-10+. The summed E-state index contributed by atoms with van der Waals surface area (Å²) in [5.74, 6) is 1.35. The zero-order valence-corrected chi connectivity index (χ0v) is 18.8. The Labute approximate surface area is 186 Å². The van der Waals surface area contributed by atoms with Crippen LogP contribution in [0.3, 0.4) is 0 Å². The van der Waals surface area contributed by atoms with Crippen LogP contribution in [0.1, 0.15) is 36.9 Å². The normalized spacial score (nSPS) is 11.1. The van der Waals surface area contributed by atoms with E-state index in [9.17, 15) is 4.79 Å². The van der Waals surface area contributed by atoms with E-state index >= 15 is 0 Å². The number of benzene rings is 2. The van der Waals surface area contributed by atoms with E-state index in [1.165, 1.54) is 23.0 Å². The molecule has 1 N–H and O–H groups in total. The molecule has 0 saturated heterocycles. The van der Waals surface area contributed by atoms with Gasteiger partial charge in [0.2, 0.25) is 11.0 Å². The Morgan fingerprint density at radius 1 is 1.13 bits per heavy atom. The molecule has 0 unspecified atom stereocenters. The fourth-order valence-electron chi connectivity index (χ4n) is 2.77. The molecule has 1 heterocycles. The van der Waals surface area contributed by atoms with Crippen molar-refractivity contribution in [1.29, 1.82) is 0 Å². The number of nitrogens with zero attached hydrogens (tertiary/aromatic N) is 2. The zero-order chi connectivity index (χ0) is 22.1. The molecule has 1 aromatic heterocycles. The van der Waals surface area contributed by atoms with E-state index in [2.05, 4.69) is 34.6 Å². The topological polar surface area (TPSA) is 73.3 Å². The van der Waals surface area contributed by atoms with Crippen LogP contribution in [0.15, 0.2) is 54.6 Å². The van der Waals surface area contributed by atoms with Crippen molar-refractivity contribution < 1.29 is 14.3 Å². The highest BCUT2D eigenvalue weighted by molar-refractivity contribution is 7.15. The molecule has 0 aliphatic heterocycles. The number of ether oxygens (including phenoxy) is 2. The first-order chi connectivity index (χ1) is 15.0. The van der Waals surface area contributed by atoms with E-state index in [0.29, 0.717) is 18.2 Å². The Bertz CT molecular complexity index is 1010. The van der Waals surface area contributed by atoms with Crippen LogP contribution in [0.4, 0.5) is 5.13 Å². The number of rotatable bonds is 10. The summed E-state index contributed by atoms with van der Waals surface area (Å²) in [6, 6.07) is 15.7. The maximum absolute atomic E-state index is 12.2. The Morgan fingerprint density at radius 2 is 1.94 bits per heavy atom. The number of carbonyl (C=O) groups is 1. The first kappa shape index (κ1) is 22.5. The van der Waals surface area contributed by atoms with Gasteiger partial charge in [0.1, 0.15) is 16.5 Å². The van der Waals surface area contributed by atoms with E-state index in [-0.39, 0.29) is 12.0 Å². The third kappa shape index (κ3) is 7.53. The number of nitrogens with one attached hydrogen (secondary N) is 1. The average Bonchev–Trinajstić information content (AvgIpc) is 3.19. The number of aromatic nitrogens is 2. The summed E-state index contributed by atoms with van der Waals surface area (Å²) >= 11 is 1.35. The highest BCUT2D eigenvalue weighted by atomic mass is 32.1. The number of hydrogen-bond acceptors (Lipinski definition) is 6. The number of amides is 1. The second-order valence-electron chi connectivity index (χ2n) is 7.16. The number of aryl methyl sites for hydroxylation is 1. The minimum absolute atomic E-state index is 0.0983. The molecular formula is C24H27N3O3S. The molecule has 0 aliphatic rings. The Hall–Kier alpha value is -3.19. The van der Waals surface area contributed by atoms with Gasteiger partial charge in [0.15, 0.2) is 0 Å². The highest BCUT2D eigenvalue weighted by Crippen LogP contribution is 2.18. The van der Waals surface area contributed by atoms with Crippen molar-refractivity contribution in [2.24, 2.45) is 0 Å². The minimum Gasteiger partial charge on any atom is -0.493 e. The van der Waals surface area contributed by atoms with Crippen molar-refractivity contribution in [2.75, 3.05) is 11.9 Å². The van der Waals surface area contributed by atoms with E-state index in [1.54, 1.807) is 6.08 Å². The molecule has 0 saturated carbocycles. The Kier molecular flexibility index (Phi) is 8.18. The average molecular weight is 438 g/mol. The van der Waals surface area contributed by atoms with Gasteiger partial charge in [0.25, 0.3) is 0 Å². The lowest BCUT2D eigenvalue weighted by atomic mass is 10.2. The molecule has 7 heteroatoms. The van der Waals surface area contributed by atoms with Gasteiger partial charge in [-0.1, -0.05) is 42.5 Å². The van der Waals surface area contributed by atoms with Crippen molar-refractivity contribution in [2.45, 2.75) is 39.7 Å². The fourth-order valence-corrected chi connectivity index (χ4v) is 3.49. The van der Waals surface area contributed by atoms with Crippen molar-refractivity contribution in [3.63, 3.8) is 0 Å². The third-order valence-corrected chi connectivity index (χ3v) is 5.17. The molecule has 0 bridgehead atoms. The van der Waals surface area contributed by atoms with Gasteiger partial charge in [-0.15, -0.1) is 10.2 Å². The van der Waals surface area contributed by atoms with Crippen LogP contribution in [0, 0.1) is 0 Å². The van der Waals surface area contributed by atoms with E-state index in [4.69, 9.17) is 9.47 Å². The van der Waals surface area contributed by atoms with Crippen LogP contribution >= 0.6 is 11.3 Å². The summed E-state index contributed by atoms with van der Waals surface area (Å²) in [7, 11) is 0. The lowest BCUT2D eigenvalue weighted by Crippen LogP contribution is -2.07. The first-order valence-corrected chi connectivity index (χ1v) is 11.1. The number of anilines is 1. The van der Waals surface area contributed by atoms with Gasteiger partial charge in [-0.05, 0) is 61.7 Å². The smallest absolute Gasteiger partial charge is 0.250 e. The van der Waals surface area contributed by atoms with Crippen LogP contribution in [0.25, 0.3) is 6.08 Å². The molecule has 6 nitrogen and oxygen atoms in total. The summed E-state index contributed by atoms with van der Waals surface area (Å²) in [5.41, 5.74) is 2.16. The summed E-state index contributed by atoms with van der Waals surface area (Å²) < 4.78 is 11.4. The summed E-state index contributed by atoms with van der Waals surface area (Å²) in [4.78, 5) is 12.2. The second-order valence-corrected chi connectivity index (χ2v) is 8.22. The fraction of sp³-hybridized carbons (Fsp3) is 0.292. The van der Waals surface area contributed by atoms with Gasteiger partial charge >= 0.3 is 0 Å².